The van der Waals surface area contributed by atoms with Crippen LogP contribution in [0.5, 0.6) is 11.5 Å². The van der Waals surface area contributed by atoms with Gasteiger partial charge in [0.2, 0.25) is 5.75 Å². The quantitative estimate of drug-likeness (QED) is 0.0819. The summed E-state index contributed by atoms with van der Waals surface area (Å²) in [5.41, 5.74) is 5.74. The number of furan rings is 1. The third kappa shape index (κ3) is 8.29. The van der Waals surface area contributed by atoms with Crippen LogP contribution < -0.4 is 20.2 Å². The highest BCUT2D eigenvalue weighted by atomic mass is 79.9. The summed E-state index contributed by atoms with van der Waals surface area (Å²) in [6, 6.07) is 22.5. The van der Waals surface area contributed by atoms with Crippen LogP contribution in [0.25, 0.3) is 5.69 Å². The van der Waals surface area contributed by atoms with E-state index in [1.807, 2.05) is 38.1 Å². The predicted octanol–water partition coefficient (Wildman–Crippen LogP) is 6.86. The number of nitro benzene ring substituents is 1. The molecule has 0 fully saturated rings. The molecular formula is C33H27BrFN5O7. The van der Waals surface area contributed by atoms with Gasteiger partial charge in [0.05, 0.1) is 15.6 Å². The number of aryl methyl sites for hydroxylation is 2. The minimum atomic E-state index is -0.682. The van der Waals surface area contributed by atoms with Crippen LogP contribution in [0.1, 0.15) is 33.3 Å². The fraction of sp³-hybridized carbons (Fsp3) is 0.121. The number of benzene rings is 3. The lowest BCUT2D eigenvalue weighted by molar-refractivity contribution is -0.385. The molecule has 5 rings (SSSR count). The molecule has 2 N–H and O–H groups in total. The Morgan fingerprint density at radius 3 is 2.38 bits per heavy atom. The molecule has 0 aliphatic rings. The summed E-state index contributed by atoms with van der Waals surface area (Å²) < 4.78 is 32.2. The molecule has 0 spiro atoms. The van der Waals surface area contributed by atoms with Gasteiger partial charge in [-0.05, 0) is 109 Å². The van der Waals surface area contributed by atoms with Crippen LogP contribution in [0.4, 0.5) is 15.8 Å². The van der Waals surface area contributed by atoms with Crippen molar-refractivity contribution in [2.45, 2.75) is 20.5 Å². The topological polar surface area (TPSA) is 150 Å². The van der Waals surface area contributed by atoms with E-state index in [-0.39, 0.29) is 28.2 Å². The molecule has 0 bridgehead atoms. The lowest BCUT2D eigenvalue weighted by atomic mass is 10.2. The van der Waals surface area contributed by atoms with Crippen molar-refractivity contribution in [3.8, 4) is 17.2 Å². The molecule has 2 amide bonds. The van der Waals surface area contributed by atoms with Crippen LogP contribution >= 0.6 is 15.9 Å². The Hall–Kier alpha value is -5.76. The number of nitrogens with zero attached hydrogens (tertiary/aromatic N) is 3. The van der Waals surface area contributed by atoms with Crippen molar-refractivity contribution in [1.29, 1.82) is 0 Å². The van der Waals surface area contributed by atoms with Gasteiger partial charge in [0.25, 0.3) is 5.91 Å². The number of ether oxygens (including phenoxy) is 2. The van der Waals surface area contributed by atoms with E-state index in [0.717, 1.165) is 17.1 Å². The summed E-state index contributed by atoms with van der Waals surface area (Å²) in [5.74, 6) is -0.853. The second kappa shape index (κ2) is 14.6. The number of anilines is 1. The Morgan fingerprint density at radius 1 is 1.00 bits per heavy atom. The van der Waals surface area contributed by atoms with E-state index in [4.69, 9.17) is 13.9 Å². The summed E-state index contributed by atoms with van der Waals surface area (Å²) in [5, 5.41) is 18.1. The first-order valence-corrected chi connectivity index (χ1v) is 14.8. The van der Waals surface area contributed by atoms with Gasteiger partial charge in [-0.3, -0.25) is 19.7 Å². The first-order chi connectivity index (χ1) is 22.6. The zero-order chi connectivity index (χ0) is 33.5. The molecular weight excluding hydrogens is 677 g/mol. The molecule has 12 nitrogen and oxygen atoms in total. The number of nitrogens with one attached hydrogen (secondary N) is 2. The molecule has 0 aliphatic carbocycles. The number of nitro groups is 1. The molecule has 0 unspecified atom stereocenters. The standard InChI is InChI=1S/C33H27BrFN5O7/c1-20-3-4-21(2)39(20)25-9-11-26(12-10-25)45-18-27-13-14-30(47-27)33(42)38-36-17-22-15-28(34)32(29(16-22)40(43)44)46-19-31(41)37-24-7-5-23(35)6-8-24/h3-17H,18-19H2,1-2H3,(H,37,41)(H,38,42)/b36-17+. The Morgan fingerprint density at radius 2 is 1.70 bits per heavy atom. The second-order valence-corrected chi connectivity index (χ2v) is 11.0. The molecule has 240 valence electrons. The van der Waals surface area contributed by atoms with Crippen molar-refractivity contribution >= 4 is 45.3 Å². The first-order valence-electron chi connectivity index (χ1n) is 14.0. The van der Waals surface area contributed by atoms with E-state index < -0.39 is 34.8 Å². The van der Waals surface area contributed by atoms with Crippen LogP contribution in [-0.4, -0.2) is 34.1 Å². The monoisotopic (exact) mass is 703 g/mol. The van der Waals surface area contributed by atoms with Gasteiger partial charge < -0.3 is 23.8 Å². The molecule has 3 aromatic carbocycles. The van der Waals surface area contributed by atoms with Crippen LogP contribution in [0, 0.1) is 29.8 Å². The maximum Gasteiger partial charge on any atom is 0.312 e. The molecule has 2 heterocycles. The van der Waals surface area contributed by atoms with E-state index >= 15 is 0 Å². The van der Waals surface area contributed by atoms with Gasteiger partial charge in [-0.1, -0.05) is 0 Å². The molecule has 0 radical (unpaired) electrons. The van der Waals surface area contributed by atoms with E-state index in [1.165, 1.54) is 48.7 Å². The van der Waals surface area contributed by atoms with Gasteiger partial charge in [0.1, 0.15) is 23.9 Å². The van der Waals surface area contributed by atoms with Gasteiger partial charge in [0.15, 0.2) is 12.4 Å². The third-order valence-electron chi connectivity index (χ3n) is 6.73. The summed E-state index contributed by atoms with van der Waals surface area (Å²) in [6.45, 7) is 3.63. The number of aromatic nitrogens is 1. The lowest BCUT2D eigenvalue weighted by Crippen LogP contribution is -2.20. The zero-order valence-electron chi connectivity index (χ0n) is 25.0. The Balaban J connectivity index is 1.14. The van der Waals surface area contributed by atoms with Crippen molar-refractivity contribution in [2.75, 3.05) is 11.9 Å². The first kappa shape index (κ1) is 32.6. The third-order valence-corrected chi connectivity index (χ3v) is 7.32. The fourth-order valence-electron chi connectivity index (χ4n) is 4.54. The molecule has 0 saturated heterocycles. The van der Waals surface area contributed by atoms with Crippen LogP contribution in [0.15, 0.2) is 98.9 Å². The SMILES string of the molecule is Cc1ccc(C)n1-c1ccc(OCc2ccc(C(=O)N/N=C/c3cc(Br)c(OCC(=O)Nc4ccc(F)cc4)c([N+](=O)[O-])c3)o2)cc1. The Labute approximate surface area is 276 Å². The van der Waals surface area contributed by atoms with Crippen LogP contribution in [0.2, 0.25) is 0 Å². The number of amides is 2. The maximum atomic E-state index is 13.1. The minimum Gasteiger partial charge on any atom is -0.486 e. The fourth-order valence-corrected chi connectivity index (χ4v) is 5.12. The zero-order valence-corrected chi connectivity index (χ0v) is 26.6. The number of halogens is 2. The number of hydrazone groups is 1. The van der Waals surface area contributed by atoms with Crippen molar-refractivity contribution in [3.63, 3.8) is 0 Å². The number of hydrogen-bond donors (Lipinski definition) is 2. The number of carbonyl (C=O) groups is 2. The number of carbonyl (C=O) groups excluding carboxylic acids is 2. The van der Waals surface area contributed by atoms with Gasteiger partial charge in [-0.2, -0.15) is 5.10 Å². The second-order valence-electron chi connectivity index (χ2n) is 10.2. The Bertz CT molecular complexity index is 1930. The maximum absolute atomic E-state index is 13.1. The van der Waals surface area contributed by atoms with E-state index in [0.29, 0.717) is 17.2 Å². The summed E-state index contributed by atoms with van der Waals surface area (Å²) in [7, 11) is 0. The molecule has 2 aromatic heterocycles. The normalized spacial score (nSPS) is 11.0. The molecule has 0 saturated carbocycles. The average Bonchev–Trinajstić information content (AvgIpc) is 3.66. The van der Waals surface area contributed by atoms with Gasteiger partial charge in [-0.15, -0.1) is 0 Å². The van der Waals surface area contributed by atoms with E-state index in [1.54, 1.807) is 6.07 Å². The largest absolute Gasteiger partial charge is 0.486 e. The van der Waals surface area contributed by atoms with Crippen molar-refractivity contribution < 1.29 is 32.8 Å². The van der Waals surface area contributed by atoms with Crippen molar-refractivity contribution in [2.24, 2.45) is 5.10 Å². The highest BCUT2D eigenvalue weighted by Gasteiger charge is 2.21. The van der Waals surface area contributed by atoms with Crippen LogP contribution in [-0.2, 0) is 11.4 Å². The highest BCUT2D eigenvalue weighted by Crippen LogP contribution is 2.36. The minimum absolute atomic E-state index is 0.00974. The smallest absolute Gasteiger partial charge is 0.312 e. The predicted molar refractivity (Wildman–Crippen MR) is 175 cm³/mol. The van der Waals surface area contributed by atoms with Crippen molar-refractivity contribution in [3.05, 3.63) is 134 Å². The molecule has 5 aromatic rings. The highest BCUT2D eigenvalue weighted by molar-refractivity contribution is 9.10. The number of rotatable bonds is 12. The van der Waals surface area contributed by atoms with E-state index in [2.05, 4.69) is 48.5 Å². The molecule has 47 heavy (non-hydrogen) atoms. The van der Waals surface area contributed by atoms with E-state index in [9.17, 15) is 24.1 Å². The summed E-state index contributed by atoms with van der Waals surface area (Å²) in [4.78, 5) is 35.8. The van der Waals surface area contributed by atoms with Gasteiger partial charge >= 0.3 is 11.6 Å². The molecule has 0 atom stereocenters. The number of hydrogen-bond acceptors (Lipinski definition) is 8. The van der Waals surface area contributed by atoms with Crippen molar-refractivity contribution in [1.82, 2.24) is 9.99 Å². The van der Waals surface area contributed by atoms with Crippen LogP contribution in [0.3, 0.4) is 0 Å². The van der Waals surface area contributed by atoms with Gasteiger partial charge in [-0.25, -0.2) is 9.82 Å². The molecule has 14 heteroatoms. The molecule has 0 aliphatic heterocycles. The Kier molecular flexibility index (Phi) is 10.1. The summed E-state index contributed by atoms with van der Waals surface area (Å²) in [6.07, 6.45) is 1.20. The summed E-state index contributed by atoms with van der Waals surface area (Å²) >= 11 is 3.22. The lowest BCUT2D eigenvalue weighted by Gasteiger charge is -2.10. The average molecular weight is 705 g/mol. The van der Waals surface area contributed by atoms with Gasteiger partial charge in [0, 0.05) is 34.4 Å².